The summed E-state index contributed by atoms with van der Waals surface area (Å²) in [6.45, 7) is 3.74. The molecule has 0 unspecified atom stereocenters. The Morgan fingerprint density at radius 2 is 1.96 bits per heavy atom. The minimum absolute atomic E-state index is 0.359. The molecule has 0 aliphatic rings. The van der Waals surface area contributed by atoms with Crippen LogP contribution < -0.4 is 0 Å². The Morgan fingerprint density at radius 1 is 1.14 bits per heavy atom. The molecule has 0 saturated heterocycles. The van der Waals surface area contributed by atoms with Gasteiger partial charge in [-0.3, -0.25) is 4.40 Å². The van der Waals surface area contributed by atoms with Crippen LogP contribution in [0.15, 0.2) is 34.4 Å². The molecule has 4 heterocycles. The third kappa shape index (κ3) is 2.60. The number of rotatable bonds is 3. The molecule has 0 radical (unpaired) electrons. The predicted molar refractivity (Wildman–Crippen MR) is 111 cm³/mol. The summed E-state index contributed by atoms with van der Waals surface area (Å²) in [7, 11) is 1.38. The van der Waals surface area contributed by atoms with E-state index in [2.05, 4.69) is 32.3 Å². The SMILES string of the molecule is COC(=O)c1sc2nc(C)nc(Sc3nnc4sc5ccccc5n34)c2c1C. The number of benzene rings is 1. The third-order valence-corrected chi connectivity index (χ3v) is 7.45. The molecule has 28 heavy (non-hydrogen) atoms. The zero-order chi connectivity index (χ0) is 19.4. The van der Waals surface area contributed by atoms with Crippen molar-refractivity contribution < 1.29 is 9.53 Å². The van der Waals surface area contributed by atoms with Gasteiger partial charge in [-0.25, -0.2) is 14.8 Å². The minimum atomic E-state index is -0.359. The van der Waals surface area contributed by atoms with Gasteiger partial charge < -0.3 is 4.74 Å². The first-order chi connectivity index (χ1) is 13.6. The number of hydrogen-bond acceptors (Lipinski definition) is 9. The van der Waals surface area contributed by atoms with Crippen LogP contribution in [0.2, 0.25) is 0 Å². The summed E-state index contributed by atoms with van der Waals surface area (Å²) < 4.78 is 8.10. The Kier molecular flexibility index (Phi) is 4.07. The van der Waals surface area contributed by atoms with E-state index in [1.807, 2.05) is 30.4 Å². The molecule has 0 amide bonds. The van der Waals surface area contributed by atoms with Crippen molar-refractivity contribution in [3.8, 4) is 0 Å². The lowest BCUT2D eigenvalue weighted by Crippen LogP contribution is -1.99. The monoisotopic (exact) mass is 427 g/mol. The average Bonchev–Trinajstić information content (AvgIpc) is 3.34. The first-order valence-corrected chi connectivity index (χ1v) is 10.8. The van der Waals surface area contributed by atoms with Crippen molar-refractivity contribution in [3.05, 3.63) is 40.5 Å². The Balaban J connectivity index is 1.71. The van der Waals surface area contributed by atoms with Gasteiger partial charge in [-0.1, -0.05) is 23.5 Å². The Labute approximate surface area is 171 Å². The average molecular weight is 428 g/mol. The molecule has 5 aromatic rings. The van der Waals surface area contributed by atoms with Crippen molar-refractivity contribution in [2.24, 2.45) is 0 Å². The summed E-state index contributed by atoms with van der Waals surface area (Å²) in [5, 5.41) is 11.0. The summed E-state index contributed by atoms with van der Waals surface area (Å²) in [4.78, 5) is 23.4. The second-order valence-corrected chi connectivity index (χ2v) is 9.04. The lowest BCUT2D eigenvalue weighted by atomic mass is 10.2. The van der Waals surface area contributed by atoms with Crippen LogP contribution in [0.3, 0.4) is 0 Å². The molecular weight excluding hydrogens is 414 g/mol. The van der Waals surface area contributed by atoms with Gasteiger partial charge in [0.15, 0.2) is 0 Å². The molecule has 0 fully saturated rings. The molecular formula is C18H13N5O2S3. The van der Waals surface area contributed by atoms with Crippen molar-refractivity contribution in [1.82, 2.24) is 24.6 Å². The van der Waals surface area contributed by atoms with E-state index in [4.69, 9.17) is 4.74 Å². The fourth-order valence-corrected chi connectivity index (χ4v) is 6.37. The maximum absolute atomic E-state index is 12.1. The van der Waals surface area contributed by atoms with Gasteiger partial charge in [0.25, 0.3) is 0 Å². The van der Waals surface area contributed by atoms with E-state index >= 15 is 0 Å². The summed E-state index contributed by atoms with van der Waals surface area (Å²) >= 11 is 4.36. The van der Waals surface area contributed by atoms with Crippen LogP contribution in [0.4, 0.5) is 0 Å². The van der Waals surface area contributed by atoms with E-state index in [-0.39, 0.29) is 5.97 Å². The molecule has 0 bridgehead atoms. The highest BCUT2D eigenvalue weighted by molar-refractivity contribution is 7.99. The van der Waals surface area contributed by atoms with Crippen LogP contribution in [0.1, 0.15) is 21.1 Å². The lowest BCUT2D eigenvalue weighted by molar-refractivity contribution is 0.0605. The number of esters is 1. The topological polar surface area (TPSA) is 82.3 Å². The molecule has 1 aromatic carbocycles. The zero-order valence-electron chi connectivity index (χ0n) is 15.1. The molecule has 0 aliphatic carbocycles. The van der Waals surface area contributed by atoms with E-state index in [1.54, 1.807) is 11.3 Å². The molecule has 10 heteroatoms. The largest absolute Gasteiger partial charge is 0.465 e. The van der Waals surface area contributed by atoms with Crippen LogP contribution in [-0.4, -0.2) is 37.6 Å². The third-order valence-electron chi connectivity index (χ3n) is 4.34. The van der Waals surface area contributed by atoms with E-state index in [0.29, 0.717) is 10.7 Å². The quantitative estimate of drug-likeness (QED) is 0.310. The molecule has 7 nitrogen and oxygen atoms in total. The Bertz CT molecular complexity index is 1380. The number of carbonyl (C=O) groups is 1. The molecule has 140 valence electrons. The molecule has 4 aromatic heterocycles. The fourth-order valence-electron chi connectivity index (χ4n) is 3.07. The number of carbonyl (C=O) groups excluding carboxylic acids is 1. The van der Waals surface area contributed by atoms with Crippen molar-refractivity contribution in [2.75, 3.05) is 7.11 Å². The van der Waals surface area contributed by atoms with E-state index < -0.39 is 0 Å². The fraction of sp³-hybridized carbons (Fsp3) is 0.167. The Hall–Kier alpha value is -2.56. The summed E-state index contributed by atoms with van der Waals surface area (Å²) in [5.41, 5.74) is 1.89. The highest BCUT2D eigenvalue weighted by Crippen LogP contribution is 2.39. The number of thiophene rings is 1. The smallest absolute Gasteiger partial charge is 0.348 e. The number of aryl methyl sites for hydroxylation is 2. The van der Waals surface area contributed by atoms with Crippen LogP contribution in [-0.2, 0) is 4.74 Å². The van der Waals surface area contributed by atoms with Gasteiger partial charge in [0.1, 0.15) is 20.6 Å². The minimum Gasteiger partial charge on any atom is -0.465 e. The number of hydrogen-bond donors (Lipinski definition) is 0. The second-order valence-electron chi connectivity index (χ2n) is 6.08. The van der Waals surface area contributed by atoms with Gasteiger partial charge in [-0.2, -0.15) is 0 Å². The van der Waals surface area contributed by atoms with Gasteiger partial charge in [0, 0.05) is 5.39 Å². The normalized spacial score (nSPS) is 11.7. The summed E-state index contributed by atoms with van der Waals surface area (Å²) in [6.07, 6.45) is 0. The molecule has 0 spiro atoms. The van der Waals surface area contributed by atoms with Crippen LogP contribution in [0, 0.1) is 13.8 Å². The number of methoxy groups -OCH3 is 1. The highest BCUT2D eigenvalue weighted by Gasteiger charge is 2.22. The molecule has 0 aliphatic heterocycles. The molecule has 0 saturated carbocycles. The van der Waals surface area contributed by atoms with Gasteiger partial charge in [-0.15, -0.1) is 21.5 Å². The van der Waals surface area contributed by atoms with Gasteiger partial charge in [-0.05, 0) is 43.3 Å². The van der Waals surface area contributed by atoms with Crippen molar-refractivity contribution in [1.29, 1.82) is 0 Å². The van der Waals surface area contributed by atoms with E-state index in [9.17, 15) is 4.79 Å². The highest BCUT2D eigenvalue weighted by atomic mass is 32.2. The molecule has 5 rings (SSSR count). The zero-order valence-corrected chi connectivity index (χ0v) is 17.5. The summed E-state index contributed by atoms with van der Waals surface area (Å²) in [6, 6.07) is 8.14. The number of aromatic nitrogens is 5. The number of thiazole rings is 1. The second kappa shape index (κ2) is 6.50. The van der Waals surface area contributed by atoms with Crippen molar-refractivity contribution in [3.63, 3.8) is 0 Å². The van der Waals surface area contributed by atoms with Gasteiger partial charge >= 0.3 is 5.97 Å². The van der Waals surface area contributed by atoms with Crippen LogP contribution in [0.5, 0.6) is 0 Å². The van der Waals surface area contributed by atoms with Crippen LogP contribution >= 0.6 is 34.4 Å². The lowest BCUT2D eigenvalue weighted by Gasteiger charge is -2.04. The maximum atomic E-state index is 12.1. The number of ether oxygens (including phenoxy) is 1. The van der Waals surface area contributed by atoms with E-state index in [0.717, 1.165) is 41.1 Å². The van der Waals surface area contributed by atoms with E-state index in [1.165, 1.54) is 30.2 Å². The molecule has 0 atom stereocenters. The predicted octanol–water partition coefficient (Wildman–Crippen LogP) is 4.50. The standard InChI is InChI=1S/C18H13N5O2S3/c1-8-12-14(27-13(8)16(24)25-3)19-9(2)20-15(12)28-18-22-21-17-23(18)10-6-4-5-7-11(10)26-17/h4-7H,1-3H3. The van der Waals surface area contributed by atoms with Crippen LogP contribution in [0.25, 0.3) is 25.4 Å². The maximum Gasteiger partial charge on any atom is 0.348 e. The number of para-hydroxylation sites is 1. The first kappa shape index (κ1) is 17.5. The van der Waals surface area contributed by atoms with Crippen molar-refractivity contribution >= 4 is 65.8 Å². The molecule has 0 N–H and O–H groups in total. The number of nitrogens with zero attached hydrogens (tertiary/aromatic N) is 5. The van der Waals surface area contributed by atoms with Gasteiger partial charge in [0.2, 0.25) is 10.1 Å². The summed E-state index contributed by atoms with van der Waals surface area (Å²) in [5.74, 6) is 0.284. The van der Waals surface area contributed by atoms with Gasteiger partial charge in [0.05, 0.1) is 17.3 Å². The number of fused-ring (bicyclic) bond motifs is 4. The first-order valence-electron chi connectivity index (χ1n) is 8.33. The van der Waals surface area contributed by atoms with Crippen molar-refractivity contribution in [2.45, 2.75) is 24.0 Å². The Morgan fingerprint density at radius 3 is 2.79 bits per heavy atom.